The van der Waals surface area contributed by atoms with Crippen molar-refractivity contribution in [3.05, 3.63) is 23.0 Å². The maximum Gasteiger partial charge on any atom is 0.573 e. The maximum absolute atomic E-state index is 11.9. The number of alkyl halides is 3. The molecule has 1 N–H and O–H groups in total. The number of pyridine rings is 1. The first-order valence-electron chi connectivity index (χ1n) is 3.44. The zero-order chi connectivity index (χ0) is 11.6. The van der Waals surface area contributed by atoms with E-state index in [0.29, 0.717) is 0 Å². The van der Waals surface area contributed by atoms with Crippen LogP contribution in [0.3, 0.4) is 0 Å². The number of hydrogen-bond donors (Lipinski definition) is 1. The Morgan fingerprint density at radius 3 is 2.53 bits per heavy atom. The highest BCUT2D eigenvalue weighted by Gasteiger charge is 2.34. The second-order valence-electron chi connectivity index (χ2n) is 2.35. The minimum atomic E-state index is -5.00. The van der Waals surface area contributed by atoms with Crippen LogP contribution < -0.4 is 4.74 Å². The number of halogens is 4. The summed E-state index contributed by atoms with van der Waals surface area (Å²) < 4.78 is 39.1. The van der Waals surface area contributed by atoms with E-state index in [4.69, 9.17) is 16.7 Å². The van der Waals surface area contributed by atoms with E-state index in [2.05, 4.69) is 9.72 Å². The van der Waals surface area contributed by atoms with E-state index in [1.807, 2.05) is 0 Å². The first kappa shape index (κ1) is 11.6. The highest BCUT2D eigenvalue weighted by atomic mass is 35.5. The highest BCUT2D eigenvalue weighted by Crippen LogP contribution is 2.32. The molecule has 0 unspecified atom stereocenters. The molecule has 0 saturated heterocycles. The molecule has 15 heavy (non-hydrogen) atoms. The third-order valence-corrected chi connectivity index (χ3v) is 1.57. The number of carbonyl (C=O) groups is 1. The molecule has 1 aromatic heterocycles. The molecule has 0 spiro atoms. The zero-order valence-corrected chi connectivity index (χ0v) is 7.63. The number of carboxylic acid groups (broad SMARTS) is 1. The Labute approximate surface area is 86.3 Å². The summed E-state index contributed by atoms with van der Waals surface area (Å²) in [7, 11) is 0. The van der Waals surface area contributed by atoms with Crippen molar-refractivity contribution in [2.75, 3.05) is 0 Å². The lowest BCUT2D eigenvalue weighted by Gasteiger charge is -2.11. The summed E-state index contributed by atoms with van der Waals surface area (Å²) in [5, 5.41) is 8.02. The van der Waals surface area contributed by atoms with Gasteiger partial charge in [-0.25, -0.2) is 4.79 Å². The Kier molecular flexibility index (Phi) is 3.04. The Morgan fingerprint density at radius 1 is 1.47 bits per heavy atom. The fraction of sp³-hybridized carbons (Fsp3) is 0.143. The topological polar surface area (TPSA) is 59.4 Å². The Bertz CT molecular complexity index is 394. The normalized spacial score (nSPS) is 11.2. The van der Waals surface area contributed by atoms with E-state index in [9.17, 15) is 18.0 Å². The number of aromatic carboxylic acids is 1. The summed E-state index contributed by atoms with van der Waals surface area (Å²) in [6.45, 7) is 0. The van der Waals surface area contributed by atoms with E-state index >= 15 is 0 Å². The van der Waals surface area contributed by atoms with Crippen LogP contribution >= 0.6 is 11.6 Å². The lowest BCUT2D eigenvalue weighted by atomic mass is 10.2. The van der Waals surface area contributed by atoms with Crippen molar-refractivity contribution < 1.29 is 27.8 Å². The van der Waals surface area contributed by atoms with Gasteiger partial charge in [-0.2, -0.15) is 0 Å². The molecular formula is C7H3ClF3NO3. The van der Waals surface area contributed by atoms with Gasteiger partial charge in [0.05, 0.1) is 0 Å². The monoisotopic (exact) mass is 241 g/mol. The van der Waals surface area contributed by atoms with Gasteiger partial charge in [0, 0.05) is 12.4 Å². The van der Waals surface area contributed by atoms with Gasteiger partial charge in [0.1, 0.15) is 10.6 Å². The average molecular weight is 242 g/mol. The van der Waals surface area contributed by atoms with Crippen LogP contribution in [-0.2, 0) is 0 Å². The number of aromatic nitrogens is 1. The van der Waals surface area contributed by atoms with Gasteiger partial charge in [-0.1, -0.05) is 11.6 Å². The SMILES string of the molecule is O=C(O)c1cncc(Cl)c1OC(F)(F)F. The predicted octanol–water partition coefficient (Wildman–Crippen LogP) is 2.33. The number of carboxylic acids is 1. The van der Waals surface area contributed by atoms with Crippen LogP contribution in [0.2, 0.25) is 5.02 Å². The van der Waals surface area contributed by atoms with Gasteiger partial charge in [0.2, 0.25) is 0 Å². The summed E-state index contributed by atoms with van der Waals surface area (Å²) in [6, 6.07) is 0. The molecule has 82 valence electrons. The third-order valence-electron chi connectivity index (χ3n) is 1.30. The smallest absolute Gasteiger partial charge is 0.477 e. The van der Waals surface area contributed by atoms with E-state index in [-0.39, 0.29) is 0 Å². The van der Waals surface area contributed by atoms with Crippen LogP contribution in [0.1, 0.15) is 10.4 Å². The second-order valence-corrected chi connectivity index (χ2v) is 2.76. The fourth-order valence-electron chi connectivity index (χ4n) is 0.795. The fourth-order valence-corrected chi connectivity index (χ4v) is 0.992. The minimum Gasteiger partial charge on any atom is -0.477 e. The van der Waals surface area contributed by atoms with Crippen molar-refractivity contribution in [2.45, 2.75) is 6.36 Å². The van der Waals surface area contributed by atoms with Gasteiger partial charge in [-0.3, -0.25) is 4.98 Å². The molecule has 0 aromatic carbocycles. The molecule has 0 aliphatic rings. The Morgan fingerprint density at radius 2 is 2.07 bits per heavy atom. The van der Waals surface area contributed by atoms with Crippen LogP contribution in [0.25, 0.3) is 0 Å². The minimum absolute atomic E-state index is 0.521. The summed E-state index contributed by atoms with van der Waals surface area (Å²) >= 11 is 5.33. The van der Waals surface area contributed by atoms with E-state index < -0.39 is 28.7 Å². The number of ether oxygens (including phenoxy) is 1. The average Bonchev–Trinajstić information content (AvgIpc) is 2.05. The standard InChI is InChI=1S/C7H3ClF3NO3/c8-4-2-12-1-3(6(13)14)5(4)15-7(9,10)11/h1-2H,(H,13,14). The van der Waals surface area contributed by atoms with Gasteiger partial charge in [0.25, 0.3) is 0 Å². The molecule has 0 fully saturated rings. The first-order chi connectivity index (χ1) is 6.81. The lowest BCUT2D eigenvalue weighted by Crippen LogP contribution is -2.19. The predicted molar refractivity (Wildman–Crippen MR) is 42.9 cm³/mol. The first-order valence-corrected chi connectivity index (χ1v) is 3.81. The molecule has 1 heterocycles. The van der Waals surface area contributed by atoms with Gasteiger partial charge >= 0.3 is 12.3 Å². The molecule has 4 nitrogen and oxygen atoms in total. The Hall–Kier alpha value is -1.50. The van der Waals surface area contributed by atoms with Crippen LogP contribution in [0.15, 0.2) is 12.4 Å². The van der Waals surface area contributed by atoms with Crippen molar-refractivity contribution >= 4 is 17.6 Å². The molecule has 0 aliphatic carbocycles. The molecule has 0 amide bonds. The molecule has 0 saturated carbocycles. The number of rotatable bonds is 2. The summed E-state index contributed by atoms with van der Waals surface area (Å²) in [5.74, 6) is -2.57. The Balaban J connectivity index is 3.19. The van der Waals surface area contributed by atoms with E-state index in [1.54, 1.807) is 0 Å². The lowest BCUT2D eigenvalue weighted by molar-refractivity contribution is -0.274. The second kappa shape index (κ2) is 3.93. The van der Waals surface area contributed by atoms with Crippen molar-refractivity contribution in [3.8, 4) is 5.75 Å². The molecule has 0 bridgehead atoms. The van der Waals surface area contributed by atoms with Crippen molar-refractivity contribution in [3.63, 3.8) is 0 Å². The molecule has 1 aromatic rings. The number of hydrogen-bond acceptors (Lipinski definition) is 3. The van der Waals surface area contributed by atoms with Crippen LogP contribution in [0.5, 0.6) is 5.75 Å². The van der Waals surface area contributed by atoms with E-state index in [0.717, 1.165) is 12.4 Å². The highest BCUT2D eigenvalue weighted by molar-refractivity contribution is 6.32. The molecular weight excluding hydrogens is 239 g/mol. The van der Waals surface area contributed by atoms with Crippen LogP contribution in [0.4, 0.5) is 13.2 Å². The van der Waals surface area contributed by atoms with Crippen LogP contribution in [-0.4, -0.2) is 22.4 Å². The van der Waals surface area contributed by atoms with Crippen molar-refractivity contribution in [2.24, 2.45) is 0 Å². The molecule has 1 rings (SSSR count). The maximum atomic E-state index is 11.9. The van der Waals surface area contributed by atoms with Gasteiger partial charge in [0.15, 0.2) is 5.75 Å². The quantitative estimate of drug-likeness (QED) is 0.863. The molecule has 0 atom stereocenters. The molecule has 8 heteroatoms. The summed E-state index contributed by atoms with van der Waals surface area (Å²) in [5.41, 5.74) is -0.750. The van der Waals surface area contributed by atoms with Crippen molar-refractivity contribution in [1.29, 1.82) is 0 Å². The largest absolute Gasteiger partial charge is 0.573 e. The number of nitrogens with zero attached hydrogens (tertiary/aromatic N) is 1. The molecule has 0 aliphatic heterocycles. The van der Waals surface area contributed by atoms with Gasteiger partial charge in [-0.15, -0.1) is 13.2 Å². The molecule has 0 radical (unpaired) electrons. The third kappa shape index (κ3) is 2.98. The summed E-state index contributed by atoms with van der Waals surface area (Å²) in [6.07, 6.45) is -3.43. The van der Waals surface area contributed by atoms with Crippen LogP contribution in [0, 0.1) is 0 Å². The summed E-state index contributed by atoms with van der Waals surface area (Å²) in [4.78, 5) is 13.8. The van der Waals surface area contributed by atoms with E-state index in [1.165, 1.54) is 0 Å². The van der Waals surface area contributed by atoms with Gasteiger partial charge in [-0.05, 0) is 0 Å². The zero-order valence-electron chi connectivity index (χ0n) is 6.88. The van der Waals surface area contributed by atoms with Gasteiger partial charge < -0.3 is 9.84 Å². The van der Waals surface area contributed by atoms with Crippen molar-refractivity contribution in [1.82, 2.24) is 4.98 Å².